The fraction of sp³-hybridized carbons (Fsp3) is 0.250. The van der Waals surface area contributed by atoms with E-state index in [9.17, 15) is 0 Å². The first kappa shape index (κ1) is 14.2. The number of benzene rings is 1. The molecule has 0 aliphatic rings. The number of aryl methyl sites for hydroxylation is 2. The molecule has 0 bridgehead atoms. The minimum atomic E-state index is 0.416. The van der Waals surface area contributed by atoms with Crippen molar-refractivity contribution in [2.75, 3.05) is 6.54 Å². The van der Waals surface area contributed by atoms with Gasteiger partial charge in [0.15, 0.2) is 0 Å². The van der Waals surface area contributed by atoms with Crippen molar-refractivity contribution < 1.29 is 0 Å². The second-order valence-electron chi connectivity index (χ2n) is 4.30. The maximum Gasteiger partial charge on any atom is 0.0555 e. The lowest BCUT2D eigenvalue weighted by Crippen LogP contribution is -1.93. The Labute approximate surface area is 123 Å². The van der Waals surface area contributed by atoms with E-state index in [-0.39, 0.29) is 0 Å². The van der Waals surface area contributed by atoms with Gasteiger partial charge in [-0.3, -0.25) is 0 Å². The minimum Gasteiger partial charge on any atom is -0.320 e. The summed E-state index contributed by atoms with van der Waals surface area (Å²) in [6.45, 7) is 4.71. The summed E-state index contributed by atoms with van der Waals surface area (Å²) in [5.74, 6) is 7.02. The van der Waals surface area contributed by atoms with Crippen molar-refractivity contribution in [3.8, 4) is 11.8 Å². The van der Waals surface area contributed by atoms with Crippen molar-refractivity contribution in [2.45, 2.75) is 24.5 Å². The number of nitrogens with two attached hydrogens (primary N) is 1. The number of rotatable bonds is 3. The highest BCUT2D eigenvalue weighted by Crippen LogP contribution is 2.28. The molecule has 0 unspecified atom stereocenters. The van der Waals surface area contributed by atoms with Gasteiger partial charge in [-0.05, 0) is 48.6 Å². The molecule has 0 radical (unpaired) electrons. The molecule has 3 heteroatoms. The maximum absolute atomic E-state index is 5.42. The molecule has 0 aliphatic carbocycles. The van der Waals surface area contributed by atoms with E-state index >= 15 is 0 Å². The highest BCUT2D eigenvalue weighted by atomic mass is 32.2. The second-order valence-corrected chi connectivity index (χ2v) is 6.35. The third-order valence-corrected chi connectivity index (χ3v) is 5.04. The van der Waals surface area contributed by atoms with Crippen LogP contribution in [0.4, 0.5) is 0 Å². The number of hydrogen-bond acceptors (Lipinski definition) is 3. The summed E-state index contributed by atoms with van der Waals surface area (Å²) in [5.41, 5.74) is 9.22. The summed E-state index contributed by atoms with van der Waals surface area (Å²) in [5, 5.41) is 2.09. The van der Waals surface area contributed by atoms with Gasteiger partial charge in [0, 0.05) is 21.1 Å². The van der Waals surface area contributed by atoms with Gasteiger partial charge in [-0.25, -0.2) is 0 Å². The Hall–Kier alpha value is -1.21. The number of hydrogen-bond donors (Lipinski definition) is 1. The van der Waals surface area contributed by atoms with Crippen LogP contribution in [-0.4, -0.2) is 6.54 Å². The van der Waals surface area contributed by atoms with Gasteiger partial charge in [-0.2, -0.15) is 0 Å². The molecule has 1 aromatic carbocycles. The van der Waals surface area contributed by atoms with E-state index in [0.29, 0.717) is 6.54 Å². The van der Waals surface area contributed by atoms with Crippen LogP contribution in [0, 0.1) is 25.7 Å². The molecule has 0 amide bonds. The molecule has 1 aromatic heterocycles. The van der Waals surface area contributed by atoms with Gasteiger partial charge in [0.05, 0.1) is 6.54 Å². The molecule has 2 N–H and O–H groups in total. The molecular formula is C16H17NS2. The van der Waals surface area contributed by atoms with E-state index in [1.807, 2.05) is 11.8 Å². The van der Waals surface area contributed by atoms with Crippen molar-refractivity contribution in [3.05, 3.63) is 51.2 Å². The summed E-state index contributed by atoms with van der Waals surface area (Å²) >= 11 is 3.62. The molecule has 2 rings (SSSR count). The van der Waals surface area contributed by atoms with Crippen molar-refractivity contribution in [3.63, 3.8) is 0 Å². The van der Waals surface area contributed by atoms with Crippen molar-refractivity contribution in [2.24, 2.45) is 5.73 Å². The summed E-state index contributed by atoms with van der Waals surface area (Å²) in [6, 6.07) is 8.69. The van der Waals surface area contributed by atoms with Crippen molar-refractivity contribution in [1.29, 1.82) is 0 Å². The third-order valence-electron chi connectivity index (χ3n) is 2.92. The molecule has 0 saturated heterocycles. The van der Waals surface area contributed by atoms with Gasteiger partial charge < -0.3 is 5.73 Å². The minimum absolute atomic E-state index is 0.416. The van der Waals surface area contributed by atoms with Gasteiger partial charge in [-0.15, -0.1) is 23.1 Å². The Kier molecular flexibility index (Phi) is 5.09. The van der Waals surface area contributed by atoms with Crippen LogP contribution in [-0.2, 0) is 5.75 Å². The smallest absolute Gasteiger partial charge is 0.0555 e. The SMILES string of the molecule is Cc1ccc(SCc2sccc2C#CCN)cc1C. The maximum atomic E-state index is 5.42. The molecule has 0 saturated carbocycles. The van der Waals surface area contributed by atoms with Crippen LogP contribution in [0.25, 0.3) is 0 Å². The topological polar surface area (TPSA) is 26.0 Å². The van der Waals surface area contributed by atoms with Crippen LogP contribution in [0.15, 0.2) is 34.5 Å². The van der Waals surface area contributed by atoms with Crippen LogP contribution in [0.3, 0.4) is 0 Å². The Bertz CT molecular complexity index is 617. The monoisotopic (exact) mass is 287 g/mol. The molecule has 0 atom stereocenters. The molecule has 0 aliphatic heterocycles. The highest BCUT2D eigenvalue weighted by Gasteiger charge is 2.04. The molecule has 19 heavy (non-hydrogen) atoms. The lowest BCUT2D eigenvalue weighted by molar-refractivity contribution is 1.27. The zero-order valence-electron chi connectivity index (χ0n) is 11.2. The van der Waals surface area contributed by atoms with E-state index in [2.05, 4.69) is 55.3 Å². The van der Waals surface area contributed by atoms with E-state index in [1.54, 1.807) is 11.3 Å². The molecule has 98 valence electrons. The van der Waals surface area contributed by atoms with Crippen LogP contribution in [0.5, 0.6) is 0 Å². The van der Waals surface area contributed by atoms with Crippen LogP contribution >= 0.6 is 23.1 Å². The van der Waals surface area contributed by atoms with Gasteiger partial charge in [0.1, 0.15) is 0 Å². The number of thioether (sulfide) groups is 1. The van der Waals surface area contributed by atoms with E-state index in [0.717, 1.165) is 11.3 Å². The first-order valence-electron chi connectivity index (χ1n) is 6.16. The average molecular weight is 287 g/mol. The van der Waals surface area contributed by atoms with E-state index in [4.69, 9.17) is 5.73 Å². The first-order valence-corrected chi connectivity index (χ1v) is 8.02. The quantitative estimate of drug-likeness (QED) is 0.683. The Morgan fingerprint density at radius 1 is 1.21 bits per heavy atom. The molecule has 0 fully saturated rings. The molecular weight excluding hydrogens is 270 g/mol. The van der Waals surface area contributed by atoms with Crippen LogP contribution in [0.1, 0.15) is 21.6 Å². The average Bonchev–Trinajstić information content (AvgIpc) is 2.85. The third kappa shape index (κ3) is 3.87. The zero-order valence-corrected chi connectivity index (χ0v) is 12.8. The summed E-state index contributed by atoms with van der Waals surface area (Å²) in [6.07, 6.45) is 0. The van der Waals surface area contributed by atoms with Crippen LogP contribution < -0.4 is 5.73 Å². The first-order chi connectivity index (χ1) is 9.20. The lowest BCUT2D eigenvalue weighted by atomic mass is 10.1. The zero-order chi connectivity index (χ0) is 13.7. The van der Waals surface area contributed by atoms with Crippen molar-refractivity contribution in [1.82, 2.24) is 0 Å². The molecule has 0 spiro atoms. The fourth-order valence-electron chi connectivity index (χ4n) is 1.66. The second kappa shape index (κ2) is 6.81. The van der Waals surface area contributed by atoms with E-state index < -0.39 is 0 Å². The Balaban J connectivity index is 2.06. The van der Waals surface area contributed by atoms with Crippen LogP contribution in [0.2, 0.25) is 0 Å². The predicted octanol–water partition coefficient (Wildman–Crippen LogP) is 3.97. The molecule has 1 heterocycles. The van der Waals surface area contributed by atoms with Gasteiger partial charge in [-0.1, -0.05) is 17.9 Å². The summed E-state index contributed by atoms with van der Waals surface area (Å²) in [7, 11) is 0. The van der Waals surface area contributed by atoms with E-state index in [1.165, 1.54) is 20.9 Å². The molecule has 1 nitrogen and oxygen atoms in total. The van der Waals surface area contributed by atoms with Gasteiger partial charge in [0.25, 0.3) is 0 Å². The van der Waals surface area contributed by atoms with Gasteiger partial charge in [0.2, 0.25) is 0 Å². The largest absolute Gasteiger partial charge is 0.320 e. The van der Waals surface area contributed by atoms with Gasteiger partial charge >= 0.3 is 0 Å². The van der Waals surface area contributed by atoms with Crippen molar-refractivity contribution >= 4 is 23.1 Å². The molecule has 2 aromatic rings. The standard InChI is InChI=1S/C16H17NS2/c1-12-5-6-15(10-13(12)2)19-11-16-14(4-3-8-17)7-9-18-16/h5-7,9-10H,8,11,17H2,1-2H3. The fourth-order valence-corrected chi connectivity index (χ4v) is 3.60. The Morgan fingerprint density at radius 3 is 2.79 bits per heavy atom. The summed E-state index contributed by atoms with van der Waals surface area (Å²) in [4.78, 5) is 2.64. The normalized spacial score (nSPS) is 10.1. The lowest BCUT2D eigenvalue weighted by Gasteiger charge is -2.04. The predicted molar refractivity (Wildman–Crippen MR) is 85.7 cm³/mol. The Morgan fingerprint density at radius 2 is 2.05 bits per heavy atom. The number of thiophene rings is 1. The highest BCUT2D eigenvalue weighted by molar-refractivity contribution is 7.98. The summed E-state index contributed by atoms with van der Waals surface area (Å²) < 4.78 is 0.